The SMILES string of the molecule is Cn1ncc(Br)c1-c1cccc2cncn12. The quantitative estimate of drug-likeness (QED) is 0.685. The smallest absolute Gasteiger partial charge is 0.0997 e. The lowest BCUT2D eigenvalue weighted by Crippen LogP contribution is -1.98. The van der Waals surface area contributed by atoms with Gasteiger partial charge in [0.2, 0.25) is 0 Å². The second-order valence-corrected chi connectivity index (χ2v) is 4.42. The van der Waals surface area contributed by atoms with Crippen molar-refractivity contribution in [2.45, 2.75) is 0 Å². The van der Waals surface area contributed by atoms with Crippen LogP contribution in [-0.2, 0) is 7.05 Å². The maximum absolute atomic E-state index is 4.22. The second-order valence-electron chi connectivity index (χ2n) is 3.56. The molecule has 0 aliphatic carbocycles. The van der Waals surface area contributed by atoms with Gasteiger partial charge in [-0.2, -0.15) is 5.10 Å². The molecule has 0 bridgehead atoms. The number of pyridine rings is 1. The Labute approximate surface area is 101 Å². The lowest BCUT2D eigenvalue weighted by Gasteiger charge is -2.06. The summed E-state index contributed by atoms with van der Waals surface area (Å²) in [5, 5.41) is 4.22. The Hall–Kier alpha value is -1.62. The van der Waals surface area contributed by atoms with Crippen LogP contribution >= 0.6 is 15.9 Å². The van der Waals surface area contributed by atoms with Gasteiger partial charge in [-0.15, -0.1) is 0 Å². The van der Waals surface area contributed by atoms with Gasteiger partial charge in [0.05, 0.1) is 40.1 Å². The Kier molecular flexibility index (Phi) is 2.07. The summed E-state index contributed by atoms with van der Waals surface area (Å²) in [4.78, 5) is 4.15. The summed E-state index contributed by atoms with van der Waals surface area (Å²) in [5.74, 6) is 0. The molecule has 3 aromatic rings. The van der Waals surface area contributed by atoms with Crippen molar-refractivity contribution < 1.29 is 0 Å². The van der Waals surface area contributed by atoms with Crippen LogP contribution in [0.2, 0.25) is 0 Å². The highest BCUT2D eigenvalue weighted by atomic mass is 79.9. The maximum Gasteiger partial charge on any atom is 0.0997 e. The lowest BCUT2D eigenvalue weighted by molar-refractivity contribution is 0.771. The molecule has 0 atom stereocenters. The third-order valence-corrected chi connectivity index (χ3v) is 3.16. The molecule has 0 amide bonds. The second kappa shape index (κ2) is 3.45. The number of halogens is 1. The van der Waals surface area contributed by atoms with Crippen LogP contribution in [0.5, 0.6) is 0 Å². The van der Waals surface area contributed by atoms with Crippen LogP contribution in [0.25, 0.3) is 16.9 Å². The van der Waals surface area contributed by atoms with Crippen LogP contribution in [-0.4, -0.2) is 19.2 Å². The minimum atomic E-state index is 0.983. The van der Waals surface area contributed by atoms with E-state index in [4.69, 9.17) is 0 Å². The summed E-state index contributed by atoms with van der Waals surface area (Å²) in [5.41, 5.74) is 3.19. The molecular weight excluding hydrogens is 268 g/mol. The number of aromatic nitrogens is 4. The zero-order chi connectivity index (χ0) is 11.1. The predicted molar refractivity (Wildman–Crippen MR) is 65.1 cm³/mol. The van der Waals surface area contributed by atoms with Gasteiger partial charge in [0.1, 0.15) is 0 Å². The monoisotopic (exact) mass is 276 g/mol. The first-order valence-electron chi connectivity index (χ1n) is 4.86. The van der Waals surface area contributed by atoms with Crippen molar-refractivity contribution in [1.82, 2.24) is 19.2 Å². The summed E-state index contributed by atoms with van der Waals surface area (Å²) in [6.07, 6.45) is 5.45. The van der Waals surface area contributed by atoms with Crippen LogP contribution in [0.1, 0.15) is 0 Å². The number of aryl methyl sites for hydroxylation is 1. The maximum atomic E-state index is 4.22. The van der Waals surface area contributed by atoms with Crippen molar-refractivity contribution in [2.24, 2.45) is 7.05 Å². The molecule has 0 saturated carbocycles. The van der Waals surface area contributed by atoms with Gasteiger partial charge in [-0.25, -0.2) is 4.98 Å². The zero-order valence-electron chi connectivity index (χ0n) is 8.63. The molecule has 16 heavy (non-hydrogen) atoms. The average molecular weight is 277 g/mol. The molecule has 5 heteroatoms. The summed E-state index contributed by atoms with van der Waals surface area (Å²) >= 11 is 3.51. The van der Waals surface area contributed by atoms with Gasteiger partial charge in [-0.05, 0) is 28.1 Å². The first-order chi connectivity index (χ1) is 7.77. The van der Waals surface area contributed by atoms with E-state index in [1.807, 2.05) is 40.8 Å². The van der Waals surface area contributed by atoms with Crippen molar-refractivity contribution >= 4 is 21.4 Å². The molecule has 0 spiro atoms. The van der Waals surface area contributed by atoms with Crippen LogP contribution < -0.4 is 0 Å². The molecule has 3 rings (SSSR count). The van der Waals surface area contributed by atoms with E-state index < -0.39 is 0 Å². The third-order valence-electron chi connectivity index (χ3n) is 2.58. The normalized spacial score (nSPS) is 11.1. The van der Waals surface area contributed by atoms with E-state index in [2.05, 4.69) is 32.1 Å². The Morgan fingerprint density at radius 2 is 2.12 bits per heavy atom. The van der Waals surface area contributed by atoms with Gasteiger partial charge in [0, 0.05) is 7.05 Å². The molecule has 0 aromatic carbocycles. The van der Waals surface area contributed by atoms with Crippen molar-refractivity contribution in [3.05, 3.63) is 41.4 Å². The summed E-state index contributed by atoms with van der Waals surface area (Å²) in [6.45, 7) is 0. The summed E-state index contributed by atoms with van der Waals surface area (Å²) in [7, 11) is 1.93. The molecule has 0 aliphatic heterocycles. The van der Waals surface area contributed by atoms with Gasteiger partial charge >= 0.3 is 0 Å². The Bertz CT molecular complexity index is 633. The van der Waals surface area contributed by atoms with E-state index in [-0.39, 0.29) is 0 Å². The molecule has 3 aromatic heterocycles. The molecule has 0 radical (unpaired) electrons. The van der Waals surface area contributed by atoms with E-state index >= 15 is 0 Å². The van der Waals surface area contributed by atoms with Crippen molar-refractivity contribution in [3.63, 3.8) is 0 Å². The van der Waals surface area contributed by atoms with Gasteiger partial charge < -0.3 is 0 Å². The third kappa shape index (κ3) is 1.28. The zero-order valence-corrected chi connectivity index (χ0v) is 10.2. The van der Waals surface area contributed by atoms with E-state index in [0.717, 1.165) is 21.4 Å². The highest BCUT2D eigenvalue weighted by Gasteiger charge is 2.11. The molecule has 80 valence electrons. The van der Waals surface area contributed by atoms with Gasteiger partial charge in [0.25, 0.3) is 0 Å². The first-order valence-corrected chi connectivity index (χ1v) is 5.65. The average Bonchev–Trinajstić information content (AvgIpc) is 2.86. The number of rotatable bonds is 1. The van der Waals surface area contributed by atoms with Gasteiger partial charge in [0.15, 0.2) is 0 Å². The Morgan fingerprint density at radius 3 is 2.88 bits per heavy atom. The van der Waals surface area contributed by atoms with Crippen molar-refractivity contribution in [1.29, 1.82) is 0 Å². The van der Waals surface area contributed by atoms with E-state index in [9.17, 15) is 0 Å². The number of fused-ring (bicyclic) bond motifs is 1. The van der Waals surface area contributed by atoms with Crippen LogP contribution in [0, 0.1) is 0 Å². The molecule has 0 unspecified atom stereocenters. The molecule has 4 nitrogen and oxygen atoms in total. The van der Waals surface area contributed by atoms with Crippen molar-refractivity contribution in [3.8, 4) is 11.4 Å². The highest BCUT2D eigenvalue weighted by Crippen LogP contribution is 2.27. The van der Waals surface area contributed by atoms with Crippen molar-refractivity contribution in [2.75, 3.05) is 0 Å². The predicted octanol–water partition coefficient (Wildman–Crippen LogP) is 2.50. The Balaban J connectivity index is 2.38. The standard InChI is InChI=1S/C11H9BrN4/c1-15-11(9(12)6-14-15)10-4-2-3-8-5-13-7-16(8)10/h2-7H,1H3. The van der Waals surface area contributed by atoms with Crippen LogP contribution in [0.3, 0.4) is 0 Å². The van der Waals surface area contributed by atoms with Crippen LogP contribution in [0.15, 0.2) is 41.4 Å². The topological polar surface area (TPSA) is 35.1 Å². The Morgan fingerprint density at radius 1 is 1.25 bits per heavy atom. The lowest BCUT2D eigenvalue weighted by atomic mass is 10.2. The highest BCUT2D eigenvalue weighted by molar-refractivity contribution is 9.10. The van der Waals surface area contributed by atoms with Crippen LogP contribution in [0.4, 0.5) is 0 Å². The fourth-order valence-electron chi connectivity index (χ4n) is 1.84. The minimum Gasteiger partial charge on any atom is -0.297 e. The van der Waals surface area contributed by atoms with Gasteiger partial charge in [-0.3, -0.25) is 9.08 Å². The fraction of sp³-hybridized carbons (Fsp3) is 0.0909. The largest absolute Gasteiger partial charge is 0.297 e. The molecule has 0 aliphatic rings. The molecule has 3 heterocycles. The number of hydrogen-bond donors (Lipinski definition) is 0. The van der Waals surface area contributed by atoms with E-state index in [1.54, 1.807) is 6.20 Å². The number of imidazole rings is 1. The first kappa shape index (κ1) is 9.59. The minimum absolute atomic E-state index is 0.983. The van der Waals surface area contributed by atoms with E-state index in [1.165, 1.54) is 0 Å². The molecule has 0 saturated heterocycles. The summed E-state index contributed by atoms with van der Waals surface area (Å²) < 4.78 is 4.87. The molecule has 0 N–H and O–H groups in total. The van der Waals surface area contributed by atoms with E-state index in [0.29, 0.717) is 0 Å². The number of nitrogens with zero attached hydrogens (tertiary/aromatic N) is 4. The molecular formula is C11H9BrN4. The van der Waals surface area contributed by atoms with Gasteiger partial charge in [-0.1, -0.05) is 6.07 Å². The molecule has 0 fully saturated rings. The summed E-state index contributed by atoms with van der Waals surface area (Å²) in [6, 6.07) is 6.10. The number of hydrogen-bond acceptors (Lipinski definition) is 2. The fourth-order valence-corrected chi connectivity index (χ4v) is 2.39.